The maximum atomic E-state index is 13.0. The van der Waals surface area contributed by atoms with Crippen molar-refractivity contribution >= 4 is 5.91 Å². The van der Waals surface area contributed by atoms with Crippen molar-refractivity contribution in [1.29, 1.82) is 0 Å². The minimum absolute atomic E-state index is 0.184. The summed E-state index contributed by atoms with van der Waals surface area (Å²) >= 11 is 0. The van der Waals surface area contributed by atoms with Crippen LogP contribution in [-0.4, -0.2) is 35.1 Å². The van der Waals surface area contributed by atoms with Crippen LogP contribution in [0.15, 0.2) is 48.5 Å². The van der Waals surface area contributed by atoms with Crippen LogP contribution in [0.4, 0.5) is 4.39 Å². The van der Waals surface area contributed by atoms with Crippen LogP contribution < -0.4 is 5.32 Å². The fraction of sp³-hybridized carbons (Fsp3) is 0.350. The lowest BCUT2D eigenvalue weighted by Gasteiger charge is -2.24. The Hall–Kier alpha value is -2.24. The number of aliphatic hydroxyl groups excluding tert-OH is 1. The van der Waals surface area contributed by atoms with E-state index in [2.05, 4.69) is 16.3 Å². The summed E-state index contributed by atoms with van der Waals surface area (Å²) in [5.74, 6) is -0.574. The van der Waals surface area contributed by atoms with Gasteiger partial charge in [0.25, 0.3) is 5.91 Å². The number of rotatable bonds is 6. The van der Waals surface area contributed by atoms with E-state index < -0.39 is 0 Å². The Morgan fingerprint density at radius 3 is 2.60 bits per heavy atom. The van der Waals surface area contributed by atoms with Gasteiger partial charge in [-0.2, -0.15) is 0 Å². The Morgan fingerprint density at radius 1 is 1.16 bits per heavy atom. The van der Waals surface area contributed by atoms with Gasteiger partial charge in [-0.3, -0.25) is 9.69 Å². The first kappa shape index (κ1) is 17.6. The van der Waals surface area contributed by atoms with E-state index in [0.717, 1.165) is 37.1 Å². The molecule has 0 saturated carbocycles. The fourth-order valence-corrected chi connectivity index (χ4v) is 3.29. The molecular weight excluding hydrogens is 319 g/mol. The highest BCUT2D eigenvalue weighted by Gasteiger charge is 2.24. The summed E-state index contributed by atoms with van der Waals surface area (Å²) in [6.45, 7) is 2.36. The average molecular weight is 342 g/mol. The molecule has 0 radical (unpaired) electrons. The molecule has 0 aromatic heterocycles. The third-order valence-corrected chi connectivity index (χ3v) is 4.75. The number of nitrogens with one attached hydrogen (secondary N) is 1. The van der Waals surface area contributed by atoms with Crippen molar-refractivity contribution in [2.45, 2.75) is 32.0 Å². The van der Waals surface area contributed by atoms with Crippen LogP contribution >= 0.6 is 0 Å². The Balaban J connectivity index is 1.64. The molecule has 1 fully saturated rings. The zero-order chi connectivity index (χ0) is 17.6. The Kier molecular flexibility index (Phi) is 5.79. The number of halogens is 1. The van der Waals surface area contributed by atoms with Crippen molar-refractivity contribution in [3.05, 3.63) is 71.0 Å². The lowest BCUT2D eigenvalue weighted by atomic mass is 10.1. The molecule has 25 heavy (non-hydrogen) atoms. The summed E-state index contributed by atoms with van der Waals surface area (Å²) in [7, 11) is 0. The molecule has 2 aromatic rings. The number of carbonyl (C=O) groups is 1. The van der Waals surface area contributed by atoms with Crippen molar-refractivity contribution < 1.29 is 14.3 Å². The standard InChI is InChI=1S/C20H23FN2O2/c21-18-9-7-15(8-10-18)20(25)22-12-16-4-1-2-5-17(16)13-23-11-3-6-19(23)14-24/h1-2,4-5,7-10,19,24H,3,6,11-14H2,(H,22,25). The summed E-state index contributed by atoms with van der Waals surface area (Å²) in [6, 6.07) is 13.8. The normalized spacial score (nSPS) is 17.6. The molecule has 0 bridgehead atoms. The van der Waals surface area contributed by atoms with Gasteiger partial charge >= 0.3 is 0 Å². The number of amides is 1. The number of aliphatic hydroxyl groups is 1. The smallest absolute Gasteiger partial charge is 0.251 e. The number of likely N-dealkylation sites (tertiary alicyclic amines) is 1. The predicted molar refractivity (Wildman–Crippen MR) is 94.5 cm³/mol. The number of nitrogens with zero attached hydrogens (tertiary/aromatic N) is 1. The van der Waals surface area contributed by atoms with Gasteiger partial charge in [-0.15, -0.1) is 0 Å². The number of carbonyl (C=O) groups excluding carboxylic acids is 1. The van der Waals surface area contributed by atoms with E-state index in [1.807, 2.05) is 18.2 Å². The lowest BCUT2D eigenvalue weighted by Crippen LogP contribution is -2.32. The van der Waals surface area contributed by atoms with Crippen LogP contribution in [-0.2, 0) is 13.1 Å². The summed E-state index contributed by atoms with van der Waals surface area (Å²) in [5.41, 5.74) is 2.66. The summed E-state index contributed by atoms with van der Waals surface area (Å²) in [5, 5.41) is 12.4. The minimum Gasteiger partial charge on any atom is -0.395 e. The second-order valence-corrected chi connectivity index (χ2v) is 6.41. The largest absolute Gasteiger partial charge is 0.395 e. The molecule has 0 spiro atoms. The highest BCUT2D eigenvalue weighted by atomic mass is 19.1. The van der Waals surface area contributed by atoms with Crippen molar-refractivity contribution in [3.8, 4) is 0 Å². The van der Waals surface area contributed by atoms with Crippen molar-refractivity contribution in [2.75, 3.05) is 13.2 Å². The Morgan fingerprint density at radius 2 is 1.88 bits per heavy atom. The Labute approximate surface area is 147 Å². The van der Waals surface area contributed by atoms with Gasteiger partial charge in [0.1, 0.15) is 5.82 Å². The fourth-order valence-electron chi connectivity index (χ4n) is 3.29. The van der Waals surface area contributed by atoms with E-state index in [0.29, 0.717) is 12.1 Å². The lowest BCUT2D eigenvalue weighted by molar-refractivity contribution is 0.0950. The first-order chi connectivity index (χ1) is 12.2. The van der Waals surface area contributed by atoms with E-state index in [1.165, 1.54) is 24.3 Å². The zero-order valence-corrected chi connectivity index (χ0v) is 14.1. The van der Waals surface area contributed by atoms with Crippen molar-refractivity contribution in [1.82, 2.24) is 10.2 Å². The molecule has 3 rings (SSSR count). The van der Waals surface area contributed by atoms with Crippen LogP contribution in [0.3, 0.4) is 0 Å². The first-order valence-electron chi connectivity index (χ1n) is 8.63. The van der Waals surface area contributed by atoms with Crippen LogP contribution in [0.5, 0.6) is 0 Å². The van der Waals surface area contributed by atoms with Crippen LogP contribution in [0.2, 0.25) is 0 Å². The van der Waals surface area contributed by atoms with E-state index in [1.54, 1.807) is 0 Å². The average Bonchev–Trinajstić information content (AvgIpc) is 3.08. The topological polar surface area (TPSA) is 52.6 Å². The summed E-state index contributed by atoms with van der Waals surface area (Å²) in [4.78, 5) is 14.5. The monoisotopic (exact) mass is 342 g/mol. The predicted octanol–water partition coefficient (Wildman–Crippen LogP) is 2.71. The van der Waals surface area contributed by atoms with Crippen molar-refractivity contribution in [2.24, 2.45) is 0 Å². The zero-order valence-electron chi connectivity index (χ0n) is 14.1. The van der Waals surface area contributed by atoms with Crippen LogP contribution in [0.1, 0.15) is 34.3 Å². The van der Waals surface area contributed by atoms with Gasteiger partial charge < -0.3 is 10.4 Å². The van der Waals surface area contributed by atoms with Gasteiger partial charge in [0, 0.05) is 24.7 Å². The molecule has 2 aromatic carbocycles. The van der Waals surface area contributed by atoms with Gasteiger partial charge in [-0.1, -0.05) is 24.3 Å². The number of hydrogen-bond acceptors (Lipinski definition) is 3. The molecule has 1 unspecified atom stereocenters. The third kappa shape index (κ3) is 4.44. The van der Waals surface area contributed by atoms with Gasteiger partial charge in [0.15, 0.2) is 0 Å². The van der Waals surface area contributed by atoms with E-state index in [9.17, 15) is 14.3 Å². The summed E-state index contributed by atoms with van der Waals surface area (Å²) < 4.78 is 13.0. The van der Waals surface area contributed by atoms with Crippen LogP contribution in [0, 0.1) is 5.82 Å². The quantitative estimate of drug-likeness (QED) is 0.849. The second-order valence-electron chi connectivity index (χ2n) is 6.41. The van der Waals surface area contributed by atoms with E-state index >= 15 is 0 Å². The molecule has 132 valence electrons. The van der Waals surface area contributed by atoms with Gasteiger partial charge in [-0.25, -0.2) is 4.39 Å². The molecule has 1 aliphatic heterocycles. The van der Waals surface area contributed by atoms with Crippen LogP contribution in [0.25, 0.3) is 0 Å². The molecule has 1 saturated heterocycles. The summed E-state index contributed by atoms with van der Waals surface area (Å²) in [6.07, 6.45) is 2.13. The second kappa shape index (κ2) is 8.23. The molecule has 5 heteroatoms. The molecular formula is C20H23FN2O2. The molecule has 1 aliphatic rings. The van der Waals surface area contributed by atoms with E-state index in [-0.39, 0.29) is 24.4 Å². The van der Waals surface area contributed by atoms with Gasteiger partial charge in [0.2, 0.25) is 0 Å². The first-order valence-corrected chi connectivity index (χ1v) is 8.63. The van der Waals surface area contributed by atoms with E-state index in [4.69, 9.17) is 0 Å². The van der Waals surface area contributed by atoms with Gasteiger partial charge in [-0.05, 0) is 54.8 Å². The molecule has 0 aliphatic carbocycles. The molecule has 1 atom stereocenters. The molecule has 1 amide bonds. The van der Waals surface area contributed by atoms with Gasteiger partial charge in [0.05, 0.1) is 6.61 Å². The van der Waals surface area contributed by atoms with Crippen molar-refractivity contribution in [3.63, 3.8) is 0 Å². The third-order valence-electron chi connectivity index (χ3n) is 4.75. The molecule has 1 heterocycles. The maximum absolute atomic E-state index is 13.0. The molecule has 4 nitrogen and oxygen atoms in total. The number of hydrogen-bond donors (Lipinski definition) is 2. The maximum Gasteiger partial charge on any atom is 0.251 e. The molecule has 2 N–H and O–H groups in total. The highest BCUT2D eigenvalue weighted by molar-refractivity contribution is 5.94. The SMILES string of the molecule is O=C(NCc1ccccc1CN1CCCC1CO)c1ccc(F)cc1. The number of benzene rings is 2. The Bertz CT molecular complexity index is 718. The highest BCUT2D eigenvalue weighted by Crippen LogP contribution is 2.21. The minimum atomic E-state index is -0.356.